The van der Waals surface area contributed by atoms with E-state index in [0.29, 0.717) is 11.6 Å². The topological polar surface area (TPSA) is 52.0 Å². The highest BCUT2D eigenvalue weighted by Gasteiger charge is 2.21. The van der Waals surface area contributed by atoms with E-state index >= 15 is 0 Å². The summed E-state index contributed by atoms with van der Waals surface area (Å²) in [5.41, 5.74) is 2.85. The van der Waals surface area contributed by atoms with Gasteiger partial charge in [0.2, 0.25) is 0 Å². The average Bonchev–Trinajstić information content (AvgIpc) is 3.08. The minimum absolute atomic E-state index is 0.510. The molecule has 0 saturated carbocycles. The first-order valence-electron chi connectivity index (χ1n) is 8.62. The lowest BCUT2D eigenvalue weighted by Crippen LogP contribution is -2.25. The van der Waals surface area contributed by atoms with Crippen LogP contribution in [-0.4, -0.2) is 36.1 Å². The summed E-state index contributed by atoms with van der Waals surface area (Å²) in [5, 5.41) is 12.5. The number of pyridine rings is 1. The molecule has 0 aliphatic carbocycles. The zero-order valence-electron chi connectivity index (χ0n) is 14.2. The lowest BCUT2D eigenvalue weighted by atomic mass is 10.1. The predicted octanol–water partition coefficient (Wildman–Crippen LogP) is 3.24. The summed E-state index contributed by atoms with van der Waals surface area (Å²) in [6.07, 6.45) is 2.34. The van der Waals surface area contributed by atoms with E-state index in [1.807, 2.05) is 19.1 Å². The minimum Gasteiger partial charge on any atom is -0.370 e. The van der Waals surface area contributed by atoms with Crippen LogP contribution < -0.4 is 5.32 Å². The Labute approximate surface area is 144 Å². The molecular formula is C20H24N4. The first kappa shape index (κ1) is 16.5. The van der Waals surface area contributed by atoms with Crippen molar-refractivity contribution in [2.24, 2.45) is 5.92 Å². The number of aryl methyl sites for hydroxylation is 1. The normalized spacial score (nSPS) is 17.6. The second kappa shape index (κ2) is 7.94. The van der Waals surface area contributed by atoms with Crippen LogP contribution in [0.2, 0.25) is 0 Å². The molecule has 2 aromatic rings. The summed E-state index contributed by atoms with van der Waals surface area (Å²) < 4.78 is 0. The average molecular weight is 320 g/mol. The molecule has 2 heterocycles. The van der Waals surface area contributed by atoms with Crippen LogP contribution in [-0.2, 0) is 6.42 Å². The number of benzene rings is 1. The Balaban J connectivity index is 1.44. The van der Waals surface area contributed by atoms with Crippen LogP contribution >= 0.6 is 0 Å². The first-order chi connectivity index (χ1) is 11.7. The van der Waals surface area contributed by atoms with E-state index in [1.54, 1.807) is 0 Å². The molecule has 1 saturated heterocycles. The van der Waals surface area contributed by atoms with Crippen molar-refractivity contribution < 1.29 is 0 Å². The third-order valence-electron chi connectivity index (χ3n) is 4.70. The van der Waals surface area contributed by atoms with Gasteiger partial charge in [0.1, 0.15) is 17.6 Å². The molecule has 0 radical (unpaired) electrons. The summed E-state index contributed by atoms with van der Waals surface area (Å²) in [7, 11) is 0. The lowest BCUT2D eigenvalue weighted by molar-refractivity contribution is 0.330. The molecule has 1 aliphatic rings. The van der Waals surface area contributed by atoms with Crippen LogP contribution in [0.5, 0.6) is 0 Å². The number of hydrogen-bond acceptors (Lipinski definition) is 4. The van der Waals surface area contributed by atoms with Crippen LogP contribution in [0.3, 0.4) is 0 Å². The zero-order chi connectivity index (χ0) is 16.8. The summed E-state index contributed by atoms with van der Waals surface area (Å²) in [6, 6.07) is 16.7. The molecule has 24 heavy (non-hydrogen) atoms. The molecule has 4 heteroatoms. The van der Waals surface area contributed by atoms with Gasteiger partial charge in [-0.25, -0.2) is 4.98 Å². The van der Waals surface area contributed by atoms with E-state index in [1.165, 1.54) is 18.5 Å². The molecular weight excluding hydrogens is 296 g/mol. The maximum Gasteiger partial charge on any atom is 0.145 e. The van der Waals surface area contributed by atoms with Gasteiger partial charge in [0, 0.05) is 19.6 Å². The largest absolute Gasteiger partial charge is 0.370 e. The van der Waals surface area contributed by atoms with Gasteiger partial charge in [-0.3, -0.25) is 0 Å². The quantitative estimate of drug-likeness (QED) is 0.888. The Morgan fingerprint density at radius 1 is 1.25 bits per heavy atom. The summed E-state index contributed by atoms with van der Waals surface area (Å²) in [5.74, 6) is 1.45. The van der Waals surface area contributed by atoms with E-state index in [4.69, 9.17) is 5.26 Å². The highest BCUT2D eigenvalue weighted by atomic mass is 15.1. The van der Waals surface area contributed by atoms with E-state index in [2.05, 4.69) is 51.6 Å². The van der Waals surface area contributed by atoms with Gasteiger partial charge in [-0.15, -0.1) is 0 Å². The van der Waals surface area contributed by atoms with Gasteiger partial charge in [0.15, 0.2) is 0 Å². The number of aromatic nitrogens is 1. The van der Waals surface area contributed by atoms with Crippen LogP contribution in [0.4, 0.5) is 5.82 Å². The molecule has 1 fully saturated rings. The number of nitrogens with one attached hydrogen (secondary N) is 1. The van der Waals surface area contributed by atoms with Gasteiger partial charge in [0.05, 0.1) is 0 Å². The standard InChI is InChI=1S/C20H24N4/c1-16-7-8-20(23-19(16)13-21)22-14-18-10-12-24(15-18)11-9-17-5-3-2-4-6-17/h2-8,18H,9-12,14-15H2,1H3,(H,22,23). The van der Waals surface area contributed by atoms with Crippen LogP contribution in [0.1, 0.15) is 23.2 Å². The Bertz CT molecular complexity index is 705. The Hall–Kier alpha value is -2.38. The van der Waals surface area contributed by atoms with Gasteiger partial charge in [-0.2, -0.15) is 5.26 Å². The van der Waals surface area contributed by atoms with Crippen molar-refractivity contribution in [2.75, 3.05) is 31.5 Å². The fourth-order valence-corrected chi connectivity index (χ4v) is 3.20. The third-order valence-corrected chi connectivity index (χ3v) is 4.70. The molecule has 3 rings (SSSR count). The number of hydrogen-bond donors (Lipinski definition) is 1. The van der Waals surface area contributed by atoms with Crippen molar-refractivity contribution in [3.8, 4) is 6.07 Å². The molecule has 1 N–H and O–H groups in total. The first-order valence-corrected chi connectivity index (χ1v) is 8.62. The molecule has 1 aliphatic heterocycles. The minimum atomic E-state index is 0.510. The van der Waals surface area contributed by atoms with Crippen molar-refractivity contribution >= 4 is 5.82 Å². The molecule has 1 unspecified atom stereocenters. The molecule has 0 amide bonds. The maximum atomic E-state index is 9.06. The van der Waals surface area contributed by atoms with Crippen LogP contribution in [0.15, 0.2) is 42.5 Å². The molecule has 0 bridgehead atoms. The van der Waals surface area contributed by atoms with Crippen LogP contribution in [0.25, 0.3) is 0 Å². The summed E-state index contributed by atoms with van der Waals surface area (Å²) >= 11 is 0. The number of nitriles is 1. The smallest absolute Gasteiger partial charge is 0.145 e. The van der Waals surface area contributed by atoms with E-state index < -0.39 is 0 Å². The fraction of sp³-hybridized carbons (Fsp3) is 0.400. The van der Waals surface area contributed by atoms with Gasteiger partial charge < -0.3 is 10.2 Å². The molecule has 0 spiro atoms. The van der Waals surface area contributed by atoms with Crippen molar-refractivity contribution in [1.82, 2.24) is 9.88 Å². The number of likely N-dealkylation sites (tertiary alicyclic amines) is 1. The SMILES string of the molecule is Cc1ccc(NCC2CCN(CCc3ccccc3)C2)nc1C#N. The van der Waals surface area contributed by atoms with Gasteiger partial charge in [-0.1, -0.05) is 36.4 Å². The third kappa shape index (κ3) is 4.33. The van der Waals surface area contributed by atoms with Crippen LogP contribution in [0, 0.1) is 24.2 Å². The highest BCUT2D eigenvalue weighted by molar-refractivity contribution is 5.42. The van der Waals surface area contributed by atoms with Gasteiger partial charge in [0.25, 0.3) is 0 Å². The van der Waals surface area contributed by atoms with Crippen molar-refractivity contribution in [2.45, 2.75) is 19.8 Å². The molecule has 4 nitrogen and oxygen atoms in total. The summed E-state index contributed by atoms with van der Waals surface area (Å²) in [6.45, 7) is 6.27. The Kier molecular flexibility index (Phi) is 5.45. The van der Waals surface area contributed by atoms with E-state index in [0.717, 1.165) is 37.4 Å². The monoisotopic (exact) mass is 320 g/mol. The zero-order valence-corrected chi connectivity index (χ0v) is 14.2. The lowest BCUT2D eigenvalue weighted by Gasteiger charge is -2.16. The number of anilines is 1. The highest BCUT2D eigenvalue weighted by Crippen LogP contribution is 2.18. The van der Waals surface area contributed by atoms with Gasteiger partial charge >= 0.3 is 0 Å². The van der Waals surface area contributed by atoms with Gasteiger partial charge in [-0.05, 0) is 49.4 Å². The van der Waals surface area contributed by atoms with Crippen molar-refractivity contribution in [3.63, 3.8) is 0 Å². The molecule has 1 aromatic heterocycles. The molecule has 124 valence electrons. The Morgan fingerprint density at radius 3 is 2.88 bits per heavy atom. The Morgan fingerprint density at radius 2 is 2.08 bits per heavy atom. The van der Waals surface area contributed by atoms with Crippen molar-refractivity contribution in [3.05, 3.63) is 59.3 Å². The predicted molar refractivity (Wildman–Crippen MR) is 96.9 cm³/mol. The summed E-state index contributed by atoms with van der Waals surface area (Å²) in [4.78, 5) is 6.91. The fourth-order valence-electron chi connectivity index (χ4n) is 3.20. The molecule has 1 aromatic carbocycles. The maximum absolute atomic E-state index is 9.06. The van der Waals surface area contributed by atoms with E-state index in [-0.39, 0.29) is 0 Å². The van der Waals surface area contributed by atoms with Crippen molar-refractivity contribution in [1.29, 1.82) is 5.26 Å². The number of nitrogens with zero attached hydrogens (tertiary/aromatic N) is 3. The van der Waals surface area contributed by atoms with E-state index in [9.17, 15) is 0 Å². The second-order valence-corrected chi connectivity index (χ2v) is 6.55. The number of rotatable bonds is 6. The second-order valence-electron chi connectivity index (χ2n) is 6.55. The molecule has 1 atom stereocenters.